The van der Waals surface area contributed by atoms with Crippen molar-refractivity contribution in [3.63, 3.8) is 0 Å². The van der Waals surface area contributed by atoms with Crippen LogP contribution in [0.25, 0.3) is 11.0 Å². The fourth-order valence-electron chi connectivity index (χ4n) is 6.63. The first-order valence-electron chi connectivity index (χ1n) is 15.9. The molecule has 2 aromatic heterocycles. The first-order valence-corrected chi connectivity index (χ1v) is 16.2. The van der Waals surface area contributed by atoms with Crippen molar-refractivity contribution in [3.05, 3.63) is 77.5 Å². The highest BCUT2D eigenvalue weighted by atomic mass is 35.5. The van der Waals surface area contributed by atoms with Crippen LogP contribution in [-0.2, 0) is 15.9 Å². The number of hydrogen-bond acceptors (Lipinski definition) is 8. The van der Waals surface area contributed by atoms with E-state index in [2.05, 4.69) is 25.2 Å². The summed E-state index contributed by atoms with van der Waals surface area (Å²) in [5.74, 6) is 0.350. The molecule has 0 spiro atoms. The van der Waals surface area contributed by atoms with Gasteiger partial charge in [-0.3, -0.25) is 0 Å². The number of fused-ring (bicyclic) bond motifs is 2. The van der Waals surface area contributed by atoms with E-state index in [0.717, 1.165) is 23.3 Å². The van der Waals surface area contributed by atoms with Crippen LogP contribution in [0.5, 0.6) is 11.5 Å². The molecule has 4 atom stereocenters. The van der Waals surface area contributed by atoms with Gasteiger partial charge in [-0.05, 0) is 87.7 Å². The molecule has 0 radical (unpaired) electrons. The Hall–Kier alpha value is -3.97. The van der Waals surface area contributed by atoms with Gasteiger partial charge in [0.15, 0.2) is 17.4 Å². The smallest absolute Gasteiger partial charge is 0.407 e. The summed E-state index contributed by atoms with van der Waals surface area (Å²) < 4.78 is 35.3. The first-order chi connectivity index (χ1) is 22.6. The van der Waals surface area contributed by atoms with Crippen LogP contribution in [0.3, 0.4) is 0 Å². The molecule has 3 N–H and O–H groups in total. The Morgan fingerprint density at radius 1 is 1.15 bits per heavy atom. The lowest BCUT2D eigenvalue weighted by atomic mass is 10.1. The van der Waals surface area contributed by atoms with Gasteiger partial charge in [0.25, 0.3) is 0 Å². The van der Waals surface area contributed by atoms with Crippen molar-refractivity contribution in [2.24, 2.45) is 5.92 Å². The van der Waals surface area contributed by atoms with Crippen LogP contribution in [0, 0.1) is 11.7 Å². The predicted octanol–water partition coefficient (Wildman–Crippen LogP) is 6.34. The number of nitrogens with one attached hydrogen (secondary N) is 2. The Bertz CT molecular complexity index is 1700. The summed E-state index contributed by atoms with van der Waals surface area (Å²) in [5, 5.41) is 18.0. The summed E-state index contributed by atoms with van der Waals surface area (Å²) in [7, 11) is 1.85. The molecule has 1 aliphatic heterocycles. The molecule has 2 aromatic carbocycles. The number of amides is 1. The monoisotopic (exact) mass is 666 g/mol. The van der Waals surface area contributed by atoms with E-state index in [0.29, 0.717) is 48.8 Å². The van der Waals surface area contributed by atoms with Crippen LogP contribution in [0.2, 0.25) is 5.02 Å². The topological polar surface area (TPSA) is 123 Å². The molecular weight excluding hydrogens is 627 g/mol. The molecule has 2 fully saturated rings. The lowest BCUT2D eigenvalue weighted by Crippen LogP contribution is -2.36. The van der Waals surface area contributed by atoms with Crippen molar-refractivity contribution < 1.29 is 28.5 Å². The van der Waals surface area contributed by atoms with Crippen molar-refractivity contribution >= 4 is 34.5 Å². The summed E-state index contributed by atoms with van der Waals surface area (Å²) in [4.78, 5) is 22.2. The quantitative estimate of drug-likeness (QED) is 0.140. The van der Waals surface area contributed by atoms with Crippen LogP contribution in [0.4, 0.5) is 15.0 Å². The third kappa shape index (κ3) is 7.46. The van der Waals surface area contributed by atoms with Gasteiger partial charge in [-0.15, -0.1) is 0 Å². The van der Waals surface area contributed by atoms with E-state index in [1.165, 1.54) is 11.0 Å². The SMILES string of the molecule is CNc1ncnc2c1ccn2[C@@H]1C[C@H](CNCCCN(CCc2ccc(Oc3ccc(Cl)cc3)c(F)c2)C(=O)O)[C@H]2OC(C)(C)O[C@H]21. The van der Waals surface area contributed by atoms with Crippen LogP contribution >= 0.6 is 11.6 Å². The normalized spacial score (nSPS) is 21.6. The number of benzene rings is 2. The molecule has 250 valence electrons. The van der Waals surface area contributed by atoms with Crippen molar-refractivity contribution in [2.45, 2.75) is 57.1 Å². The number of rotatable bonds is 13. The van der Waals surface area contributed by atoms with Crippen molar-refractivity contribution in [1.29, 1.82) is 0 Å². The zero-order chi connectivity index (χ0) is 33.1. The molecule has 3 heterocycles. The minimum atomic E-state index is -1.00. The molecule has 0 bridgehead atoms. The molecule has 1 aliphatic carbocycles. The minimum absolute atomic E-state index is 0.0519. The van der Waals surface area contributed by atoms with E-state index >= 15 is 0 Å². The molecule has 1 saturated heterocycles. The highest BCUT2D eigenvalue weighted by molar-refractivity contribution is 6.30. The van der Waals surface area contributed by atoms with Crippen molar-refractivity contribution in [3.8, 4) is 11.5 Å². The van der Waals surface area contributed by atoms with Crippen molar-refractivity contribution in [1.82, 2.24) is 24.8 Å². The van der Waals surface area contributed by atoms with Gasteiger partial charge in [0.2, 0.25) is 0 Å². The third-order valence-corrected chi connectivity index (χ3v) is 9.07. The van der Waals surface area contributed by atoms with Gasteiger partial charge in [-0.2, -0.15) is 0 Å². The first kappa shape index (κ1) is 33.0. The van der Waals surface area contributed by atoms with Crippen molar-refractivity contribution in [2.75, 3.05) is 38.5 Å². The van der Waals surface area contributed by atoms with Gasteiger partial charge >= 0.3 is 6.09 Å². The number of hydrogen-bond donors (Lipinski definition) is 3. The minimum Gasteiger partial charge on any atom is -0.465 e. The number of anilines is 1. The van der Waals surface area contributed by atoms with E-state index in [1.807, 2.05) is 33.2 Å². The highest BCUT2D eigenvalue weighted by Gasteiger charge is 2.54. The van der Waals surface area contributed by atoms with Gasteiger partial charge in [0.1, 0.15) is 29.6 Å². The number of ether oxygens (including phenoxy) is 3. The molecule has 6 rings (SSSR count). The van der Waals surface area contributed by atoms with Gasteiger partial charge in [-0.25, -0.2) is 19.2 Å². The maximum absolute atomic E-state index is 14.7. The van der Waals surface area contributed by atoms with E-state index < -0.39 is 17.7 Å². The van der Waals surface area contributed by atoms with E-state index in [1.54, 1.807) is 42.7 Å². The van der Waals surface area contributed by atoms with Gasteiger partial charge in [-0.1, -0.05) is 17.7 Å². The zero-order valence-corrected chi connectivity index (χ0v) is 27.4. The summed E-state index contributed by atoms with van der Waals surface area (Å²) in [6.07, 6.45) is 4.28. The Morgan fingerprint density at radius 3 is 2.68 bits per heavy atom. The summed E-state index contributed by atoms with van der Waals surface area (Å²) in [6, 6.07) is 13.4. The molecule has 47 heavy (non-hydrogen) atoms. The molecule has 4 aromatic rings. The molecule has 1 amide bonds. The fraction of sp³-hybridized carbons (Fsp3) is 0.441. The maximum atomic E-state index is 14.7. The highest BCUT2D eigenvalue weighted by Crippen LogP contribution is 2.47. The Morgan fingerprint density at radius 2 is 1.94 bits per heavy atom. The number of carbonyl (C=O) groups is 1. The summed E-state index contributed by atoms with van der Waals surface area (Å²) in [5.41, 5.74) is 1.54. The number of nitrogens with zero attached hydrogens (tertiary/aromatic N) is 4. The molecule has 13 heteroatoms. The van der Waals surface area contributed by atoms with Gasteiger partial charge in [0.05, 0.1) is 17.5 Å². The Balaban J connectivity index is 0.996. The molecular formula is C34H40ClFN6O5. The Kier molecular flexibility index (Phi) is 9.83. The number of carboxylic acid groups (broad SMARTS) is 1. The van der Waals surface area contributed by atoms with E-state index in [4.69, 9.17) is 25.8 Å². The standard InChI is InChI=1S/C34H40ClFN6O5/c1-34(2)46-29-22(18-27(30(29)47-34)42-16-12-25-31(37-3)39-20-40-32(25)42)19-38-13-4-14-41(33(43)44)15-11-21-5-10-28(26(36)17-21)45-24-8-6-23(35)7-9-24/h5-10,12,16-17,20,22,27,29-30,38H,4,11,13-15,18-19H2,1-3H3,(H,43,44)(H,37,39,40)/t22-,27-,29-,30+/m1/s1. The van der Waals surface area contributed by atoms with Crippen LogP contribution < -0.4 is 15.4 Å². The van der Waals surface area contributed by atoms with Gasteiger partial charge < -0.3 is 39.4 Å². The zero-order valence-electron chi connectivity index (χ0n) is 26.7. The molecule has 2 aliphatic rings. The fourth-order valence-corrected chi connectivity index (χ4v) is 6.75. The van der Waals surface area contributed by atoms with Crippen LogP contribution in [-0.4, -0.2) is 81.9 Å². The van der Waals surface area contributed by atoms with Crippen LogP contribution in [0.1, 0.15) is 38.3 Å². The van der Waals surface area contributed by atoms with Crippen LogP contribution in [0.15, 0.2) is 61.1 Å². The van der Waals surface area contributed by atoms with E-state index in [9.17, 15) is 14.3 Å². The maximum Gasteiger partial charge on any atom is 0.407 e. The second-order valence-electron chi connectivity index (χ2n) is 12.5. The number of aromatic nitrogens is 3. The molecule has 11 nitrogen and oxygen atoms in total. The van der Waals surface area contributed by atoms with Gasteiger partial charge in [0, 0.05) is 43.8 Å². The van der Waals surface area contributed by atoms with E-state index in [-0.39, 0.29) is 36.5 Å². The average molecular weight is 667 g/mol. The molecule has 0 unspecified atom stereocenters. The predicted molar refractivity (Wildman–Crippen MR) is 177 cm³/mol. The Labute approximate surface area is 278 Å². The summed E-state index contributed by atoms with van der Waals surface area (Å²) >= 11 is 5.90. The average Bonchev–Trinajstić information content (AvgIpc) is 3.71. The number of halogens is 2. The lowest BCUT2D eigenvalue weighted by Gasteiger charge is -2.25. The largest absolute Gasteiger partial charge is 0.465 e. The lowest BCUT2D eigenvalue weighted by molar-refractivity contribution is -0.160. The molecule has 1 saturated carbocycles. The second kappa shape index (κ2) is 14.0. The second-order valence-corrected chi connectivity index (χ2v) is 12.9. The third-order valence-electron chi connectivity index (χ3n) is 8.82. The summed E-state index contributed by atoms with van der Waals surface area (Å²) in [6.45, 7) is 5.86.